The minimum atomic E-state index is -1.20. The van der Waals surface area contributed by atoms with Crippen molar-refractivity contribution >= 4 is 28.8 Å². The third-order valence-electron chi connectivity index (χ3n) is 9.84. The molecule has 1 amide bonds. The molecule has 12 nitrogen and oxygen atoms in total. The van der Waals surface area contributed by atoms with Crippen molar-refractivity contribution in [2.75, 3.05) is 29.9 Å². The van der Waals surface area contributed by atoms with Crippen LogP contribution in [0.2, 0.25) is 0 Å². The van der Waals surface area contributed by atoms with Gasteiger partial charge in [0.1, 0.15) is 18.3 Å². The first-order valence-electron chi connectivity index (χ1n) is 17.3. The fourth-order valence-electron chi connectivity index (χ4n) is 6.98. The van der Waals surface area contributed by atoms with Gasteiger partial charge in [-0.3, -0.25) is 4.79 Å². The summed E-state index contributed by atoms with van der Waals surface area (Å²) in [4.78, 5) is 29.8. The molecule has 0 radical (unpaired) electrons. The molecular formula is C38H44N8O4. The van der Waals surface area contributed by atoms with Crippen LogP contribution >= 0.6 is 0 Å². The summed E-state index contributed by atoms with van der Waals surface area (Å²) < 4.78 is 7.58. The fourth-order valence-corrected chi connectivity index (χ4v) is 6.98. The van der Waals surface area contributed by atoms with E-state index in [1.807, 2.05) is 66.7 Å². The maximum atomic E-state index is 13.1. The SMILES string of the molecule is CC(OCc1ccccc1)C(=O)N[C@H]1C[C@@H](n2cnc3c(NCC(c4ccccc4)c4ccccc4)nc(N4CCC(N)C4)nc32)[C@H](O)[C@@H]1O. The summed E-state index contributed by atoms with van der Waals surface area (Å²) in [5, 5.41) is 28.9. The number of nitrogens with two attached hydrogens (primary N) is 1. The van der Waals surface area contributed by atoms with Gasteiger partial charge < -0.3 is 40.8 Å². The number of nitrogens with zero attached hydrogens (tertiary/aromatic N) is 5. The van der Waals surface area contributed by atoms with Gasteiger partial charge in [0.25, 0.3) is 0 Å². The average molecular weight is 677 g/mol. The van der Waals surface area contributed by atoms with E-state index in [-0.39, 0.29) is 30.9 Å². The number of carbonyl (C=O) groups excluding carboxylic acids is 1. The Balaban J connectivity index is 1.14. The Hall–Kier alpha value is -4.88. The number of nitrogens with one attached hydrogen (secondary N) is 2. The van der Waals surface area contributed by atoms with E-state index in [0.717, 1.165) is 18.5 Å². The van der Waals surface area contributed by atoms with Crippen LogP contribution in [0.15, 0.2) is 97.3 Å². The van der Waals surface area contributed by atoms with Crippen LogP contribution in [0.1, 0.15) is 48.4 Å². The Morgan fingerprint density at radius 3 is 2.26 bits per heavy atom. The zero-order chi connectivity index (χ0) is 34.6. The van der Waals surface area contributed by atoms with Crippen LogP contribution in [0.25, 0.3) is 11.2 Å². The van der Waals surface area contributed by atoms with Crippen LogP contribution in [0.3, 0.4) is 0 Å². The lowest BCUT2D eigenvalue weighted by Gasteiger charge is -2.22. The van der Waals surface area contributed by atoms with Crippen molar-refractivity contribution in [3.05, 3.63) is 114 Å². The van der Waals surface area contributed by atoms with Gasteiger partial charge >= 0.3 is 0 Å². The number of imidazole rings is 1. The number of hydrogen-bond acceptors (Lipinski definition) is 10. The third-order valence-corrected chi connectivity index (χ3v) is 9.84. The zero-order valence-corrected chi connectivity index (χ0v) is 28.0. The fraction of sp³-hybridized carbons (Fsp3) is 0.368. The molecule has 3 aromatic carbocycles. The molecule has 6 N–H and O–H groups in total. The predicted octanol–water partition coefficient (Wildman–Crippen LogP) is 3.36. The van der Waals surface area contributed by atoms with E-state index in [4.69, 9.17) is 25.4 Å². The first-order valence-corrected chi connectivity index (χ1v) is 17.3. The number of rotatable bonds is 12. The van der Waals surface area contributed by atoms with Gasteiger partial charge in [-0.2, -0.15) is 9.97 Å². The van der Waals surface area contributed by atoms with Gasteiger partial charge in [-0.15, -0.1) is 0 Å². The van der Waals surface area contributed by atoms with E-state index < -0.39 is 30.4 Å². The van der Waals surface area contributed by atoms with Crippen LogP contribution < -0.4 is 21.3 Å². The molecule has 2 fully saturated rings. The number of hydrogen-bond donors (Lipinski definition) is 5. The monoisotopic (exact) mass is 676 g/mol. The minimum Gasteiger partial charge on any atom is -0.388 e. The average Bonchev–Trinajstić information content (AvgIpc) is 3.86. The lowest BCUT2D eigenvalue weighted by atomic mass is 9.91. The maximum absolute atomic E-state index is 13.1. The van der Waals surface area contributed by atoms with Crippen LogP contribution in [0, 0.1) is 0 Å². The maximum Gasteiger partial charge on any atom is 0.249 e. The summed E-state index contributed by atoms with van der Waals surface area (Å²) in [6.45, 7) is 3.86. The highest BCUT2D eigenvalue weighted by Crippen LogP contribution is 2.35. The van der Waals surface area contributed by atoms with E-state index in [0.29, 0.717) is 36.0 Å². The van der Waals surface area contributed by atoms with Gasteiger partial charge in [-0.05, 0) is 36.5 Å². The minimum absolute atomic E-state index is 0.0198. The standard InChI is InChI=1S/C38H44N8O4/c1-24(50-22-25-11-5-2-6-12-25)37(49)42-30-19-31(34(48)33(30)47)46-23-41-32-35(43-38(44-36(32)46)45-18-17-28(39)21-45)40-20-29(26-13-7-3-8-14-26)27-15-9-4-10-16-27/h2-16,23-24,28-31,33-34,47-48H,17-22,39H2,1H3,(H,42,49)(H,40,43,44)/t24?,28?,30-,31+,33+,34-/m0/s1. The lowest BCUT2D eigenvalue weighted by Crippen LogP contribution is -2.46. The number of aliphatic hydroxyl groups is 2. The van der Waals surface area contributed by atoms with Crippen LogP contribution in [0.5, 0.6) is 0 Å². The van der Waals surface area contributed by atoms with Gasteiger partial charge in [-0.1, -0.05) is 91.0 Å². The van der Waals surface area contributed by atoms with Crippen molar-refractivity contribution in [2.24, 2.45) is 5.73 Å². The lowest BCUT2D eigenvalue weighted by molar-refractivity contribution is -0.134. The molecule has 50 heavy (non-hydrogen) atoms. The number of aromatic nitrogens is 4. The predicted molar refractivity (Wildman–Crippen MR) is 192 cm³/mol. The number of amides is 1. The van der Waals surface area contributed by atoms with Gasteiger partial charge in [-0.25, -0.2) is 4.98 Å². The molecule has 1 aliphatic heterocycles. The second kappa shape index (κ2) is 14.9. The molecule has 1 aliphatic carbocycles. The normalized spacial score (nSPS) is 22.7. The molecule has 0 bridgehead atoms. The number of anilines is 2. The number of fused-ring (bicyclic) bond motifs is 1. The second-order valence-corrected chi connectivity index (χ2v) is 13.3. The highest BCUT2D eigenvalue weighted by atomic mass is 16.5. The Morgan fingerprint density at radius 2 is 1.62 bits per heavy atom. The highest BCUT2D eigenvalue weighted by Gasteiger charge is 2.44. The molecule has 1 saturated carbocycles. The summed E-state index contributed by atoms with van der Waals surface area (Å²) in [5.74, 6) is 0.779. The van der Waals surface area contributed by atoms with Crippen LogP contribution in [-0.2, 0) is 16.1 Å². The molecule has 260 valence electrons. The summed E-state index contributed by atoms with van der Waals surface area (Å²) >= 11 is 0. The molecule has 1 saturated heterocycles. The summed E-state index contributed by atoms with van der Waals surface area (Å²) in [7, 11) is 0. The summed E-state index contributed by atoms with van der Waals surface area (Å²) in [5.41, 5.74) is 10.6. The molecule has 5 aromatic rings. The smallest absolute Gasteiger partial charge is 0.249 e. The molecule has 2 aromatic heterocycles. The third kappa shape index (κ3) is 7.19. The Labute approximate surface area is 291 Å². The topological polar surface area (TPSA) is 164 Å². The van der Waals surface area contributed by atoms with Gasteiger partial charge in [0.15, 0.2) is 17.0 Å². The molecule has 2 unspecified atom stereocenters. The van der Waals surface area contributed by atoms with E-state index in [1.165, 1.54) is 11.1 Å². The first kappa shape index (κ1) is 33.6. The van der Waals surface area contributed by atoms with E-state index in [9.17, 15) is 15.0 Å². The molecule has 2 aliphatic rings. The Morgan fingerprint density at radius 1 is 0.960 bits per heavy atom. The van der Waals surface area contributed by atoms with Crippen molar-refractivity contribution in [1.29, 1.82) is 0 Å². The van der Waals surface area contributed by atoms with Gasteiger partial charge in [0.05, 0.1) is 25.0 Å². The summed E-state index contributed by atoms with van der Waals surface area (Å²) in [6, 6.07) is 29.0. The molecule has 0 spiro atoms. The molecular weight excluding hydrogens is 632 g/mol. The van der Waals surface area contributed by atoms with Crippen molar-refractivity contribution in [3.63, 3.8) is 0 Å². The second-order valence-electron chi connectivity index (χ2n) is 13.3. The molecule has 3 heterocycles. The van der Waals surface area contributed by atoms with Crippen molar-refractivity contribution < 1.29 is 19.7 Å². The molecule has 7 rings (SSSR count). The van der Waals surface area contributed by atoms with E-state index in [1.54, 1.807) is 17.8 Å². The molecule has 12 heteroatoms. The first-order chi connectivity index (χ1) is 24.4. The van der Waals surface area contributed by atoms with E-state index in [2.05, 4.69) is 39.8 Å². The number of benzene rings is 3. The summed E-state index contributed by atoms with van der Waals surface area (Å²) in [6.07, 6.45) is -0.392. The zero-order valence-electron chi connectivity index (χ0n) is 28.0. The Kier molecular flexibility index (Phi) is 10.0. The van der Waals surface area contributed by atoms with Gasteiger partial charge in [0, 0.05) is 31.6 Å². The van der Waals surface area contributed by atoms with Crippen LogP contribution in [-0.4, -0.2) is 85.7 Å². The number of carbonyl (C=O) groups is 1. The quantitative estimate of drug-likeness (QED) is 0.132. The van der Waals surface area contributed by atoms with Crippen molar-refractivity contribution in [2.45, 2.75) is 68.7 Å². The molecule has 6 atom stereocenters. The number of ether oxygens (including phenoxy) is 1. The number of aliphatic hydroxyl groups excluding tert-OH is 2. The van der Waals surface area contributed by atoms with Crippen molar-refractivity contribution in [1.82, 2.24) is 24.8 Å². The van der Waals surface area contributed by atoms with Gasteiger partial charge in [0.2, 0.25) is 11.9 Å². The van der Waals surface area contributed by atoms with Crippen LogP contribution in [0.4, 0.5) is 11.8 Å². The largest absolute Gasteiger partial charge is 0.388 e. The van der Waals surface area contributed by atoms with E-state index >= 15 is 0 Å². The highest BCUT2D eigenvalue weighted by molar-refractivity contribution is 5.85. The van der Waals surface area contributed by atoms with Crippen molar-refractivity contribution in [3.8, 4) is 0 Å². The Bertz CT molecular complexity index is 1840.